The van der Waals surface area contributed by atoms with Gasteiger partial charge in [-0.2, -0.15) is 0 Å². The molecule has 2 rings (SSSR count). The number of hydrogen-bond donors (Lipinski definition) is 0. The first-order valence-corrected chi connectivity index (χ1v) is 8.02. The number of amides is 1. The van der Waals surface area contributed by atoms with Crippen LogP contribution in [0.3, 0.4) is 0 Å². The van der Waals surface area contributed by atoms with Crippen LogP contribution in [0.5, 0.6) is 11.5 Å². The molecule has 0 radical (unpaired) electrons. The Kier molecular flexibility index (Phi) is 6.41. The summed E-state index contributed by atoms with van der Waals surface area (Å²) in [6.07, 6.45) is 1.63. The van der Waals surface area contributed by atoms with Gasteiger partial charge in [-0.3, -0.25) is 4.79 Å². The standard InChI is InChI=1S/C19H23NO6/c1-12-17(19(22)26-5)15(18(21)20(12)8-9-23-2)10-13-6-7-14(24-3)11-16(13)25-4/h6-7,10-11H,8-9H2,1-5H3/b15-10-. The molecule has 0 N–H and O–H groups in total. The van der Waals surface area contributed by atoms with Crippen LogP contribution in [0.2, 0.25) is 0 Å². The Labute approximate surface area is 152 Å². The number of esters is 1. The van der Waals surface area contributed by atoms with Gasteiger partial charge in [0.2, 0.25) is 0 Å². The lowest BCUT2D eigenvalue weighted by atomic mass is 10.0. The number of nitrogens with zero attached hydrogens (tertiary/aromatic N) is 1. The minimum atomic E-state index is -0.561. The van der Waals surface area contributed by atoms with Crippen LogP contribution >= 0.6 is 0 Å². The minimum absolute atomic E-state index is 0.242. The van der Waals surface area contributed by atoms with Gasteiger partial charge in [-0.15, -0.1) is 0 Å². The number of allylic oxidation sites excluding steroid dienone is 1. The molecule has 140 valence electrons. The average Bonchev–Trinajstić information content (AvgIpc) is 2.89. The van der Waals surface area contributed by atoms with E-state index in [1.54, 1.807) is 45.4 Å². The van der Waals surface area contributed by atoms with Gasteiger partial charge in [-0.1, -0.05) is 0 Å². The number of ether oxygens (including phenoxy) is 4. The smallest absolute Gasteiger partial charge is 0.340 e. The van der Waals surface area contributed by atoms with Crippen LogP contribution in [0.1, 0.15) is 12.5 Å². The second-order valence-electron chi connectivity index (χ2n) is 5.57. The van der Waals surface area contributed by atoms with Crippen molar-refractivity contribution in [3.05, 3.63) is 40.6 Å². The molecule has 7 heteroatoms. The first-order valence-electron chi connectivity index (χ1n) is 8.02. The number of benzene rings is 1. The number of hydrogen-bond acceptors (Lipinski definition) is 6. The molecule has 0 fully saturated rings. The van der Waals surface area contributed by atoms with Gasteiger partial charge in [0, 0.05) is 31.0 Å². The zero-order valence-corrected chi connectivity index (χ0v) is 15.6. The lowest BCUT2D eigenvalue weighted by Gasteiger charge is -2.16. The molecule has 1 aromatic carbocycles. The van der Waals surface area contributed by atoms with Crippen molar-refractivity contribution in [3.8, 4) is 11.5 Å². The molecular weight excluding hydrogens is 338 g/mol. The lowest BCUT2D eigenvalue weighted by molar-refractivity contribution is -0.136. The van der Waals surface area contributed by atoms with Crippen molar-refractivity contribution in [2.45, 2.75) is 6.92 Å². The molecule has 0 spiro atoms. The van der Waals surface area contributed by atoms with E-state index < -0.39 is 5.97 Å². The second-order valence-corrected chi connectivity index (χ2v) is 5.57. The zero-order chi connectivity index (χ0) is 19.3. The molecule has 1 aliphatic rings. The Bertz CT molecular complexity index is 765. The van der Waals surface area contributed by atoms with Gasteiger partial charge in [0.25, 0.3) is 5.91 Å². The van der Waals surface area contributed by atoms with Gasteiger partial charge in [0.05, 0.1) is 39.1 Å². The van der Waals surface area contributed by atoms with Crippen LogP contribution in [0.15, 0.2) is 35.0 Å². The van der Waals surface area contributed by atoms with Crippen LogP contribution in [0, 0.1) is 0 Å². The summed E-state index contributed by atoms with van der Waals surface area (Å²) in [6, 6.07) is 5.23. The first-order chi connectivity index (χ1) is 12.5. The summed E-state index contributed by atoms with van der Waals surface area (Å²) in [5.41, 5.74) is 1.69. The normalized spacial score (nSPS) is 15.7. The largest absolute Gasteiger partial charge is 0.497 e. The minimum Gasteiger partial charge on any atom is -0.497 e. The van der Waals surface area contributed by atoms with Gasteiger partial charge in [0.1, 0.15) is 11.5 Å². The Morgan fingerprint density at radius 1 is 1.15 bits per heavy atom. The maximum absolute atomic E-state index is 12.9. The summed E-state index contributed by atoms with van der Waals surface area (Å²) in [7, 11) is 5.93. The molecule has 1 aliphatic heterocycles. The predicted molar refractivity (Wildman–Crippen MR) is 95.8 cm³/mol. The van der Waals surface area contributed by atoms with Gasteiger partial charge in [0.15, 0.2) is 0 Å². The number of carbonyl (C=O) groups is 2. The monoisotopic (exact) mass is 361 g/mol. The highest BCUT2D eigenvalue weighted by atomic mass is 16.5. The summed E-state index contributed by atoms with van der Waals surface area (Å²) in [6.45, 7) is 2.42. The fraction of sp³-hybridized carbons (Fsp3) is 0.368. The van der Waals surface area contributed by atoms with E-state index in [1.165, 1.54) is 19.1 Å². The summed E-state index contributed by atoms with van der Waals surface area (Å²) in [5, 5.41) is 0. The predicted octanol–water partition coefficient (Wildman–Crippen LogP) is 2.02. The second kappa shape index (κ2) is 8.53. The molecule has 7 nitrogen and oxygen atoms in total. The van der Waals surface area contributed by atoms with Crippen LogP contribution in [-0.2, 0) is 19.1 Å². The summed E-state index contributed by atoms with van der Waals surface area (Å²) in [4.78, 5) is 26.6. The Morgan fingerprint density at radius 3 is 2.46 bits per heavy atom. The van der Waals surface area contributed by atoms with E-state index in [-0.39, 0.29) is 17.1 Å². The average molecular weight is 361 g/mol. The van der Waals surface area contributed by atoms with E-state index in [1.807, 2.05) is 0 Å². The van der Waals surface area contributed by atoms with Gasteiger partial charge in [-0.25, -0.2) is 4.79 Å². The van der Waals surface area contributed by atoms with E-state index >= 15 is 0 Å². The van der Waals surface area contributed by atoms with Gasteiger partial charge < -0.3 is 23.8 Å². The number of methoxy groups -OCH3 is 4. The summed E-state index contributed by atoms with van der Waals surface area (Å²) in [5.74, 6) is 0.317. The van der Waals surface area contributed by atoms with E-state index in [0.29, 0.717) is 35.9 Å². The Balaban J connectivity index is 2.53. The maximum atomic E-state index is 12.9. The van der Waals surface area contributed by atoms with Crippen LogP contribution in [-0.4, -0.2) is 58.4 Å². The maximum Gasteiger partial charge on any atom is 0.340 e. The van der Waals surface area contributed by atoms with Crippen molar-refractivity contribution in [2.24, 2.45) is 0 Å². The molecule has 0 atom stereocenters. The lowest BCUT2D eigenvalue weighted by Crippen LogP contribution is -2.28. The Hall–Kier alpha value is -2.80. The molecule has 0 bridgehead atoms. The van der Waals surface area contributed by atoms with Crippen molar-refractivity contribution < 1.29 is 28.5 Å². The van der Waals surface area contributed by atoms with Crippen molar-refractivity contribution in [2.75, 3.05) is 41.6 Å². The molecule has 0 saturated heterocycles. The van der Waals surface area contributed by atoms with E-state index in [9.17, 15) is 9.59 Å². The van der Waals surface area contributed by atoms with Gasteiger partial charge in [-0.05, 0) is 25.1 Å². The molecule has 1 heterocycles. The Morgan fingerprint density at radius 2 is 1.88 bits per heavy atom. The van der Waals surface area contributed by atoms with Crippen molar-refractivity contribution in [3.63, 3.8) is 0 Å². The first kappa shape index (κ1) is 19.5. The molecule has 0 aromatic heterocycles. The highest BCUT2D eigenvalue weighted by molar-refractivity contribution is 6.16. The quantitative estimate of drug-likeness (QED) is 0.546. The van der Waals surface area contributed by atoms with Crippen LogP contribution < -0.4 is 9.47 Å². The van der Waals surface area contributed by atoms with Crippen LogP contribution in [0.25, 0.3) is 6.08 Å². The molecule has 1 aromatic rings. The molecular formula is C19H23NO6. The molecule has 0 saturated carbocycles. The van der Waals surface area contributed by atoms with Crippen LogP contribution in [0.4, 0.5) is 0 Å². The third-order valence-electron chi connectivity index (χ3n) is 4.16. The molecule has 0 aliphatic carbocycles. The van der Waals surface area contributed by atoms with Crippen molar-refractivity contribution in [1.29, 1.82) is 0 Å². The third-order valence-corrected chi connectivity index (χ3v) is 4.16. The highest BCUT2D eigenvalue weighted by Gasteiger charge is 2.36. The third kappa shape index (κ3) is 3.72. The van der Waals surface area contributed by atoms with E-state index in [4.69, 9.17) is 18.9 Å². The van der Waals surface area contributed by atoms with Crippen molar-refractivity contribution in [1.82, 2.24) is 4.90 Å². The van der Waals surface area contributed by atoms with Gasteiger partial charge >= 0.3 is 5.97 Å². The molecule has 0 unspecified atom stereocenters. The van der Waals surface area contributed by atoms with Crippen molar-refractivity contribution >= 4 is 18.0 Å². The number of carbonyl (C=O) groups excluding carboxylic acids is 2. The molecule has 1 amide bonds. The number of rotatable bonds is 7. The summed E-state index contributed by atoms with van der Waals surface area (Å²) >= 11 is 0. The van der Waals surface area contributed by atoms with E-state index in [0.717, 1.165) is 0 Å². The topological polar surface area (TPSA) is 74.3 Å². The van der Waals surface area contributed by atoms with E-state index in [2.05, 4.69) is 0 Å². The fourth-order valence-corrected chi connectivity index (χ4v) is 2.77. The zero-order valence-electron chi connectivity index (χ0n) is 15.6. The molecule has 26 heavy (non-hydrogen) atoms. The summed E-state index contributed by atoms with van der Waals surface area (Å²) < 4.78 is 20.5. The SMILES string of the molecule is COCCN1C(=O)/C(=C\c2ccc(OC)cc2OC)C(C(=O)OC)=C1C. The highest BCUT2D eigenvalue weighted by Crippen LogP contribution is 2.34. The fourth-order valence-electron chi connectivity index (χ4n) is 2.77.